The maximum absolute atomic E-state index is 14.1. The van der Waals surface area contributed by atoms with E-state index in [1.165, 1.54) is 43.0 Å². The van der Waals surface area contributed by atoms with Gasteiger partial charge in [-0.15, -0.1) is 0 Å². The van der Waals surface area contributed by atoms with Crippen molar-refractivity contribution in [3.05, 3.63) is 65.9 Å². The van der Waals surface area contributed by atoms with Crippen molar-refractivity contribution in [2.24, 2.45) is 11.5 Å². The topological polar surface area (TPSA) is 341 Å². The van der Waals surface area contributed by atoms with E-state index in [1.54, 1.807) is 6.20 Å². The Balaban J connectivity index is 1.56. The van der Waals surface area contributed by atoms with Gasteiger partial charge in [-0.05, 0) is 56.2 Å². The predicted molar refractivity (Wildman–Crippen MR) is 231 cm³/mol. The van der Waals surface area contributed by atoms with Crippen LogP contribution in [0.15, 0.2) is 54.7 Å². The number of nitrogens with one attached hydrogen (secondary N) is 8. The maximum Gasteiger partial charge on any atom is 0.305 e. The second-order valence-corrected chi connectivity index (χ2v) is 16.8. The van der Waals surface area contributed by atoms with E-state index in [9.17, 15) is 48.3 Å². The van der Waals surface area contributed by atoms with Gasteiger partial charge in [0.15, 0.2) is 0 Å². The molecule has 4 rings (SSSR count). The van der Waals surface area contributed by atoms with Gasteiger partial charge in [-0.2, -0.15) is 0 Å². The maximum atomic E-state index is 14.1. The number of amides is 8. The zero-order valence-electron chi connectivity index (χ0n) is 33.8. The first-order chi connectivity index (χ1) is 29.4. The summed E-state index contributed by atoms with van der Waals surface area (Å²) in [6, 6.07) is 6.36. The average Bonchev–Trinajstić information content (AvgIpc) is 3.64. The van der Waals surface area contributed by atoms with Gasteiger partial charge in [0.05, 0.1) is 19.4 Å². The lowest BCUT2D eigenvalue weighted by atomic mass is 10.1. The minimum Gasteiger partial charge on any atom is -0.481 e. The Morgan fingerprint density at radius 1 is 0.855 bits per heavy atom. The molecule has 1 aliphatic rings. The zero-order valence-corrected chi connectivity index (χ0v) is 35.4. The molecule has 0 aliphatic carbocycles. The van der Waals surface area contributed by atoms with Crippen LogP contribution in [-0.2, 0) is 49.6 Å². The number of para-hydroxylation sites is 1. The number of rotatable bonds is 10. The number of aliphatic carboxylic acids is 1. The molecule has 1 aliphatic heterocycles. The molecule has 3 aromatic rings. The molecule has 1 saturated heterocycles. The van der Waals surface area contributed by atoms with E-state index in [0.29, 0.717) is 11.3 Å². The minimum absolute atomic E-state index is 0.0274. The molecule has 0 radical (unpaired) electrons. The van der Waals surface area contributed by atoms with Gasteiger partial charge in [-0.1, -0.05) is 39.8 Å². The summed E-state index contributed by atoms with van der Waals surface area (Å²) in [5, 5.41) is 32.5. The number of primary amides is 1. The van der Waals surface area contributed by atoms with Crippen LogP contribution in [0.2, 0.25) is 0 Å². The largest absolute Gasteiger partial charge is 0.481 e. The van der Waals surface area contributed by atoms with E-state index in [2.05, 4.69) is 36.9 Å². The Labute approximate surface area is 363 Å². The fourth-order valence-electron chi connectivity index (χ4n) is 6.16. The highest BCUT2D eigenvalue weighted by Gasteiger charge is 2.34. The number of H-pyrrole nitrogens is 1. The van der Waals surface area contributed by atoms with Gasteiger partial charge in [-0.25, -0.2) is 0 Å². The van der Waals surface area contributed by atoms with Gasteiger partial charge >= 0.3 is 5.97 Å². The molecule has 5 atom stereocenters. The number of hydrogen-bond acceptors (Lipinski definition) is 12. The van der Waals surface area contributed by atoms with Crippen LogP contribution in [0.1, 0.15) is 44.2 Å². The second-order valence-electron chi connectivity index (χ2n) is 14.2. The van der Waals surface area contributed by atoms with Crippen molar-refractivity contribution in [3.63, 3.8) is 0 Å². The van der Waals surface area contributed by atoms with Crippen LogP contribution in [0.25, 0.3) is 10.9 Å². The normalized spacial score (nSPS) is 21.7. The summed E-state index contributed by atoms with van der Waals surface area (Å²) in [5.74, 6) is -8.31. The van der Waals surface area contributed by atoms with Gasteiger partial charge in [0, 0.05) is 52.8 Å². The van der Waals surface area contributed by atoms with Crippen molar-refractivity contribution in [1.82, 2.24) is 36.5 Å². The molecule has 332 valence electrons. The second kappa shape index (κ2) is 22.8. The number of nitrogens with zero attached hydrogens (tertiary/aromatic N) is 1. The lowest BCUT2D eigenvalue weighted by Gasteiger charge is -2.32. The highest BCUT2D eigenvalue weighted by atomic mass is 33.1. The molecule has 0 bridgehead atoms. The van der Waals surface area contributed by atoms with E-state index < -0.39 is 103 Å². The number of benzene rings is 2. The van der Waals surface area contributed by atoms with Crippen molar-refractivity contribution < 1.29 is 48.3 Å². The standard InChI is InChI=1S/C39H49N11O10S2/c1-20-39(60)50(13-11-23-17-43-26-6-4-3-5-25(23)26)21(2)36(57)49-29(35(42)56)19-62-61-14-12-30(51)47-27(15-31(52)46-24-9-7-22(8-10-24)34(40)41)37(58)44-18-32(53)48-28(16-33(54)55)38(59)45-20/h3-10,17,20-21,27-29,43H,11-16,18-19H2,1-2H3,(H3,40,41)(H2,42,56)(H,44,58)(H,45,59)(H,46,52)(H,47,51)(H,48,53)(H,49,57)(H,54,55)/t20-,21-,27?,28-,29-/m0/s1. The highest BCUT2D eigenvalue weighted by molar-refractivity contribution is 8.76. The lowest BCUT2D eigenvalue weighted by molar-refractivity contribution is -0.144. The monoisotopic (exact) mass is 895 g/mol. The number of fused-ring (bicyclic) bond motifs is 1. The summed E-state index contributed by atoms with van der Waals surface area (Å²) < 4.78 is 0. The molecule has 62 heavy (non-hydrogen) atoms. The van der Waals surface area contributed by atoms with E-state index in [0.717, 1.165) is 38.1 Å². The van der Waals surface area contributed by atoms with Crippen LogP contribution < -0.4 is 43.4 Å². The summed E-state index contributed by atoms with van der Waals surface area (Å²) in [6.07, 6.45) is 0.343. The molecule has 1 aromatic heterocycles. The number of carboxylic acid groups (broad SMARTS) is 1. The highest BCUT2D eigenvalue weighted by Crippen LogP contribution is 2.23. The van der Waals surface area contributed by atoms with E-state index >= 15 is 0 Å². The quantitative estimate of drug-likeness (QED) is 0.0666. The third-order valence-electron chi connectivity index (χ3n) is 9.52. The molecule has 23 heteroatoms. The Bertz CT molecular complexity index is 2180. The van der Waals surface area contributed by atoms with Crippen molar-refractivity contribution in [1.29, 1.82) is 5.41 Å². The number of carboxylic acids is 1. The van der Waals surface area contributed by atoms with Gasteiger partial charge in [-0.3, -0.25) is 48.6 Å². The van der Waals surface area contributed by atoms with Crippen molar-refractivity contribution >= 4 is 97.2 Å². The number of amidine groups is 1. The molecule has 21 nitrogen and oxygen atoms in total. The summed E-state index contributed by atoms with van der Waals surface area (Å²) in [7, 11) is 2.28. The Morgan fingerprint density at radius 3 is 2.21 bits per heavy atom. The summed E-state index contributed by atoms with van der Waals surface area (Å²) >= 11 is 0. The van der Waals surface area contributed by atoms with Gasteiger partial charge in [0.25, 0.3) is 0 Å². The predicted octanol–water partition coefficient (Wildman–Crippen LogP) is -0.939. The SMILES string of the molecule is C[C@@H]1NC(=O)[C@H](CC(=O)O)NC(=O)CNC(=O)C(CC(=O)Nc2ccc(C(=N)N)cc2)NC(=O)CCSSC[C@@H](C(N)=O)NC(=O)[C@H](C)N(CCc2c[nH]c3ccccc23)C1=O. The smallest absolute Gasteiger partial charge is 0.305 e. The molecular weight excluding hydrogens is 847 g/mol. The summed E-state index contributed by atoms with van der Waals surface area (Å²) in [4.78, 5) is 122. The molecule has 1 unspecified atom stereocenters. The molecule has 8 amide bonds. The molecule has 13 N–H and O–H groups in total. The van der Waals surface area contributed by atoms with E-state index in [-0.39, 0.29) is 36.7 Å². The van der Waals surface area contributed by atoms with Crippen LogP contribution in [0.5, 0.6) is 0 Å². The molecule has 2 heterocycles. The van der Waals surface area contributed by atoms with Gasteiger partial charge < -0.3 is 58.4 Å². The van der Waals surface area contributed by atoms with E-state index in [1.807, 2.05) is 24.3 Å². The third kappa shape index (κ3) is 14.2. The average molecular weight is 896 g/mol. The first-order valence-electron chi connectivity index (χ1n) is 19.3. The molecule has 1 fully saturated rings. The first-order valence-corrected chi connectivity index (χ1v) is 21.7. The molecular formula is C39H49N11O10S2. The fourth-order valence-corrected chi connectivity index (χ4v) is 8.33. The van der Waals surface area contributed by atoms with Crippen molar-refractivity contribution in [3.8, 4) is 0 Å². The number of anilines is 1. The number of nitrogen functional groups attached to an aromatic ring is 1. The minimum atomic E-state index is -1.74. The number of aromatic amines is 1. The Hall–Kier alpha value is -6.62. The van der Waals surface area contributed by atoms with Gasteiger partial charge in [0.2, 0.25) is 47.3 Å². The van der Waals surface area contributed by atoms with Crippen molar-refractivity contribution in [2.45, 2.75) is 69.7 Å². The molecule has 2 aromatic carbocycles. The Kier molecular flexibility index (Phi) is 17.7. The number of hydrogen-bond donors (Lipinski definition) is 11. The van der Waals surface area contributed by atoms with Crippen LogP contribution >= 0.6 is 21.6 Å². The fraction of sp³-hybridized carbons (Fsp3) is 0.385. The van der Waals surface area contributed by atoms with Crippen LogP contribution in [0, 0.1) is 5.41 Å². The number of nitrogens with two attached hydrogens (primary N) is 2. The third-order valence-corrected chi connectivity index (χ3v) is 11.9. The van der Waals surface area contributed by atoms with Crippen LogP contribution in [0.3, 0.4) is 0 Å². The summed E-state index contributed by atoms with van der Waals surface area (Å²) in [6.45, 7) is 1.91. The van der Waals surface area contributed by atoms with Gasteiger partial charge in [0.1, 0.15) is 36.0 Å². The lowest BCUT2D eigenvalue weighted by Crippen LogP contribution is -2.59. The number of aromatic nitrogens is 1. The van der Waals surface area contributed by atoms with Crippen LogP contribution in [0.4, 0.5) is 5.69 Å². The molecule has 0 saturated carbocycles. The first kappa shape index (κ1) is 48.1. The Morgan fingerprint density at radius 2 is 1.53 bits per heavy atom. The zero-order chi connectivity index (χ0) is 45.5. The summed E-state index contributed by atoms with van der Waals surface area (Å²) in [5.41, 5.74) is 13.5. The van der Waals surface area contributed by atoms with Crippen LogP contribution in [-0.4, -0.2) is 129 Å². The number of carbonyl (C=O) groups excluding carboxylic acids is 8. The van der Waals surface area contributed by atoms with E-state index in [4.69, 9.17) is 16.9 Å². The van der Waals surface area contributed by atoms with Crippen molar-refractivity contribution in [2.75, 3.05) is 29.9 Å². The molecule has 0 spiro atoms. The number of carbonyl (C=O) groups is 9.